The van der Waals surface area contributed by atoms with Gasteiger partial charge in [0.2, 0.25) is 0 Å². The quantitative estimate of drug-likeness (QED) is 0.565. The number of hydrogen-bond donors (Lipinski definition) is 0. The highest BCUT2D eigenvalue weighted by molar-refractivity contribution is 7.99. The summed E-state index contributed by atoms with van der Waals surface area (Å²) in [6.45, 7) is 0. The fourth-order valence-corrected chi connectivity index (χ4v) is 2.94. The van der Waals surface area contributed by atoms with Crippen molar-refractivity contribution in [2.45, 2.75) is 10.3 Å². The standard InChI is InChI=1S/C16H17ClO2S/c1-18-13-5-3-12(4-6-13)16(17)11-20-15-9-7-14(19-2)8-10-15/h3-10,16H,11H2,1-2H3. The van der Waals surface area contributed by atoms with E-state index in [9.17, 15) is 0 Å². The van der Waals surface area contributed by atoms with E-state index in [1.54, 1.807) is 26.0 Å². The molecule has 0 radical (unpaired) electrons. The van der Waals surface area contributed by atoms with Crippen LogP contribution in [0.4, 0.5) is 0 Å². The summed E-state index contributed by atoms with van der Waals surface area (Å²) < 4.78 is 10.3. The maximum absolute atomic E-state index is 6.42. The van der Waals surface area contributed by atoms with Crippen molar-refractivity contribution in [3.05, 3.63) is 54.1 Å². The Balaban J connectivity index is 1.91. The zero-order valence-electron chi connectivity index (χ0n) is 11.5. The molecule has 0 aliphatic carbocycles. The van der Waals surface area contributed by atoms with E-state index in [2.05, 4.69) is 0 Å². The minimum absolute atomic E-state index is 0.0204. The lowest BCUT2D eigenvalue weighted by Crippen LogP contribution is -1.94. The van der Waals surface area contributed by atoms with Gasteiger partial charge >= 0.3 is 0 Å². The molecule has 20 heavy (non-hydrogen) atoms. The van der Waals surface area contributed by atoms with Crippen LogP contribution in [0, 0.1) is 0 Å². The van der Waals surface area contributed by atoms with E-state index in [1.807, 2.05) is 48.5 Å². The lowest BCUT2D eigenvalue weighted by Gasteiger charge is -2.10. The van der Waals surface area contributed by atoms with Gasteiger partial charge in [-0.2, -0.15) is 0 Å². The van der Waals surface area contributed by atoms with Gasteiger partial charge in [-0.25, -0.2) is 0 Å². The first kappa shape index (κ1) is 15.1. The van der Waals surface area contributed by atoms with Crippen LogP contribution < -0.4 is 9.47 Å². The molecule has 0 spiro atoms. The molecule has 0 saturated carbocycles. The fraction of sp³-hybridized carbons (Fsp3) is 0.250. The number of benzene rings is 2. The molecule has 2 aromatic rings. The summed E-state index contributed by atoms with van der Waals surface area (Å²) in [6.07, 6.45) is 0. The normalized spacial score (nSPS) is 11.9. The predicted molar refractivity (Wildman–Crippen MR) is 85.3 cm³/mol. The maximum Gasteiger partial charge on any atom is 0.118 e. The fourth-order valence-electron chi connectivity index (χ4n) is 1.75. The largest absolute Gasteiger partial charge is 0.497 e. The molecular formula is C16H17ClO2S. The molecule has 0 aliphatic rings. The number of hydrogen-bond acceptors (Lipinski definition) is 3. The van der Waals surface area contributed by atoms with E-state index in [-0.39, 0.29) is 5.38 Å². The summed E-state index contributed by atoms with van der Waals surface area (Å²) in [6, 6.07) is 15.9. The Morgan fingerprint density at radius 1 is 0.900 bits per heavy atom. The van der Waals surface area contributed by atoms with E-state index in [4.69, 9.17) is 21.1 Å². The molecule has 4 heteroatoms. The minimum atomic E-state index is -0.0204. The third-order valence-electron chi connectivity index (χ3n) is 2.93. The topological polar surface area (TPSA) is 18.5 Å². The van der Waals surface area contributed by atoms with Crippen molar-refractivity contribution < 1.29 is 9.47 Å². The summed E-state index contributed by atoms with van der Waals surface area (Å²) in [5, 5.41) is -0.0204. The van der Waals surface area contributed by atoms with E-state index in [0.29, 0.717) is 0 Å². The molecular weight excluding hydrogens is 292 g/mol. The van der Waals surface area contributed by atoms with Gasteiger partial charge in [-0.3, -0.25) is 0 Å². The molecule has 1 unspecified atom stereocenters. The highest BCUT2D eigenvalue weighted by Gasteiger charge is 2.09. The molecule has 0 saturated heterocycles. The Kier molecular flexibility index (Phi) is 5.62. The van der Waals surface area contributed by atoms with Crippen LogP contribution >= 0.6 is 23.4 Å². The zero-order valence-corrected chi connectivity index (χ0v) is 13.1. The van der Waals surface area contributed by atoms with Crippen LogP contribution in [0.25, 0.3) is 0 Å². The molecule has 2 nitrogen and oxygen atoms in total. The Labute approximate surface area is 129 Å². The Hall–Kier alpha value is -1.32. The smallest absolute Gasteiger partial charge is 0.118 e. The van der Waals surface area contributed by atoms with Crippen LogP contribution in [0.1, 0.15) is 10.9 Å². The number of ether oxygens (including phenoxy) is 2. The highest BCUT2D eigenvalue weighted by Crippen LogP contribution is 2.30. The molecule has 2 rings (SSSR count). The molecule has 0 amide bonds. The average Bonchev–Trinajstić information content (AvgIpc) is 2.53. The lowest BCUT2D eigenvalue weighted by molar-refractivity contribution is 0.414. The average molecular weight is 309 g/mol. The second kappa shape index (κ2) is 7.46. The second-order valence-electron chi connectivity index (χ2n) is 4.23. The molecule has 1 atom stereocenters. The van der Waals surface area contributed by atoms with Gasteiger partial charge in [0.05, 0.1) is 19.6 Å². The molecule has 0 bridgehead atoms. The molecule has 0 aromatic heterocycles. The molecule has 106 valence electrons. The van der Waals surface area contributed by atoms with Gasteiger partial charge in [0.25, 0.3) is 0 Å². The number of rotatable bonds is 6. The second-order valence-corrected chi connectivity index (χ2v) is 5.85. The SMILES string of the molecule is COc1ccc(SCC(Cl)c2ccc(OC)cc2)cc1. The minimum Gasteiger partial charge on any atom is -0.497 e. The monoisotopic (exact) mass is 308 g/mol. The van der Waals surface area contributed by atoms with Gasteiger partial charge < -0.3 is 9.47 Å². The molecule has 2 aromatic carbocycles. The number of alkyl halides is 1. The van der Waals surface area contributed by atoms with Crippen LogP contribution in [0.3, 0.4) is 0 Å². The Bertz CT molecular complexity index is 525. The van der Waals surface area contributed by atoms with Gasteiger partial charge in [-0.05, 0) is 42.0 Å². The van der Waals surface area contributed by atoms with E-state index in [1.165, 1.54) is 4.90 Å². The highest BCUT2D eigenvalue weighted by atomic mass is 35.5. The third kappa shape index (κ3) is 4.09. The zero-order chi connectivity index (χ0) is 14.4. The summed E-state index contributed by atoms with van der Waals surface area (Å²) in [4.78, 5) is 1.19. The molecule has 0 heterocycles. The maximum atomic E-state index is 6.42. The van der Waals surface area contributed by atoms with Gasteiger partial charge in [0, 0.05) is 10.6 Å². The molecule has 0 aliphatic heterocycles. The van der Waals surface area contributed by atoms with Crippen molar-refractivity contribution in [2.24, 2.45) is 0 Å². The van der Waals surface area contributed by atoms with Crippen LogP contribution in [0.15, 0.2) is 53.4 Å². The van der Waals surface area contributed by atoms with Gasteiger partial charge in [0.1, 0.15) is 11.5 Å². The summed E-state index contributed by atoms with van der Waals surface area (Å²) in [5.41, 5.74) is 1.11. The first-order chi connectivity index (χ1) is 9.72. The number of halogens is 1. The summed E-state index contributed by atoms with van der Waals surface area (Å²) >= 11 is 8.16. The number of thioether (sulfide) groups is 1. The van der Waals surface area contributed by atoms with Gasteiger partial charge in [-0.1, -0.05) is 12.1 Å². The van der Waals surface area contributed by atoms with Crippen molar-refractivity contribution >= 4 is 23.4 Å². The lowest BCUT2D eigenvalue weighted by atomic mass is 10.1. The third-order valence-corrected chi connectivity index (χ3v) is 4.63. The number of methoxy groups -OCH3 is 2. The first-order valence-corrected chi connectivity index (χ1v) is 7.70. The molecule has 0 N–H and O–H groups in total. The Morgan fingerprint density at radius 2 is 1.40 bits per heavy atom. The van der Waals surface area contributed by atoms with Crippen molar-refractivity contribution in [1.82, 2.24) is 0 Å². The van der Waals surface area contributed by atoms with E-state index in [0.717, 1.165) is 22.8 Å². The van der Waals surface area contributed by atoms with Crippen molar-refractivity contribution in [2.75, 3.05) is 20.0 Å². The van der Waals surface area contributed by atoms with Crippen LogP contribution in [-0.2, 0) is 0 Å². The molecule has 0 fully saturated rings. The summed E-state index contributed by atoms with van der Waals surface area (Å²) in [5.74, 6) is 2.53. The van der Waals surface area contributed by atoms with Crippen molar-refractivity contribution in [1.29, 1.82) is 0 Å². The first-order valence-electron chi connectivity index (χ1n) is 6.28. The van der Waals surface area contributed by atoms with Crippen LogP contribution in [-0.4, -0.2) is 20.0 Å². The van der Waals surface area contributed by atoms with Crippen LogP contribution in [0.2, 0.25) is 0 Å². The van der Waals surface area contributed by atoms with Crippen molar-refractivity contribution in [3.63, 3.8) is 0 Å². The van der Waals surface area contributed by atoms with E-state index >= 15 is 0 Å². The van der Waals surface area contributed by atoms with Crippen molar-refractivity contribution in [3.8, 4) is 11.5 Å². The Morgan fingerprint density at radius 3 is 1.90 bits per heavy atom. The van der Waals surface area contributed by atoms with E-state index < -0.39 is 0 Å². The summed E-state index contributed by atoms with van der Waals surface area (Å²) in [7, 11) is 3.33. The predicted octanol–water partition coefficient (Wildman–Crippen LogP) is 4.78. The van der Waals surface area contributed by atoms with Gasteiger partial charge in [0.15, 0.2) is 0 Å². The van der Waals surface area contributed by atoms with Crippen LogP contribution in [0.5, 0.6) is 11.5 Å². The van der Waals surface area contributed by atoms with Gasteiger partial charge in [-0.15, -0.1) is 23.4 Å².